The van der Waals surface area contributed by atoms with Crippen LogP contribution in [0.4, 0.5) is 14.6 Å². The number of nitrogen functional groups attached to an aromatic ring is 1. The van der Waals surface area contributed by atoms with E-state index in [2.05, 4.69) is 5.10 Å². The molecule has 0 radical (unpaired) electrons. The van der Waals surface area contributed by atoms with Crippen LogP contribution in [-0.4, -0.2) is 9.78 Å². The molecule has 3 nitrogen and oxygen atoms in total. The Labute approximate surface area is 114 Å². The van der Waals surface area contributed by atoms with E-state index >= 15 is 0 Å². The summed E-state index contributed by atoms with van der Waals surface area (Å²) in [5.74, 6) is -0.449. The van der Waals surface area contributed by atoms with E-state index in [1.807, 2.05) is 0 Å². The molecule has 0 atom stereocenters. The fourth-order valence-electron chi connectivity index (χ4n) is 2.01. The van der Waals surface area contributed by atoms with Gasteiger partial charge < -0.3 is 5.73 Å². The zero-order chi connectivity index (χ0) is 14.1. The molecule has 0 saturated heterocycles. The fraction of sp³-hybridized carbons (Fsp3) is 0. The highest BCUT2D eigenvalue weighted by Gasteiger charge is 2.12. The van der Waals surface area contributed by atoms with Crippen molar-refractivity contribution in [1.29, 1.82) is 0 Å². The van der Waals surface area contributed by atoms with Gasteiger partial charge in [-0.2, -0.15) is 5.10 Å². The third-order valence-electron chi connectivity index (χ3n) is 2.94. The summed E-state index contributed by atoms with van der Waals surface area (Å²) in [4.78, 5) is 0. The molecule has 0 saturated carbocycles. The molecule has 0 fully saturated rings. The van der Waals surface area contributed by atoms with Crippen molar-refractivity contribution in [1.82, 2.24) is 9.78 Å². The van der Waals surface area contributed by atoms with E-state index in [-0.39, 0.29) is 11.6 Å². The van der Waals surface area contributed by atoms with Crippen LogP contribution >= 0.6 is 0 Å². The normalized spacial score (nSPS) is 10.7. The van der Waals surface area contributed by atoms with Crippen LogP contribution in [-0.2, 0) is 0 Å². The number of nitrogens with zero attached hydrogens (tertiary/aromatic N) is 2. The largest absolute Gasteiger partial charge is 0.384 e. The van der Waals surface area contributed by atoms with Gasteiger partial charge in [0.05, 0.1) is 11.4 Å². The minimum absolute atomic E-state index is 0.314. The number of rotatable bonds is 2. The van der Waals surface area contributed by atoms with Gasteiger partial charge in [-0.1, -0.05) is 18.2 Å². The molecule has 3 aromatic rings. The molecule has 0 spiro atoms. The second kappa shape index (κ2) is 4.77. The molecule has 5 heteroatoms. The van der Waals surface area contributed by atoms with Crippen molar-refractivity contribution in [2.24, 2.45) is 0 Å². The molecule has 1 aromatic heterocycles. The van der Waals surface area contributed by atoms with Crippen LogP contribution in [0.15, 0.2) is 54.6 Å². The quantitative estimate of drug-likeness (QED) is 0.776. The van der Waals surface area contributed by atoms with Gasteiger partial charge in [0.25, 0.3) is 0 Å². The van der Waals surface area contributed by atoms with Crippen LogP contribution in [0.5, 0.6) is 0 Å². The van der Waals surface area contributed by atoms with Crippen molar-refractivity contribution < 1.29 is 8.78 Å². The molecule has 3 rings (SSSR count). The maximum Gasteiger partial charge on any atom is 0.132 e. The Morgan fingerprint density at radius 3 is 2.50 bits per heavy atom. The maximum atomic E-state index is 13.7. The first kappa shape index (κ1) is 12.3. The number of nitrogens with two attached hydrogens (primary N) is 1. The molecule has 0 aliphatic rings. The number of hydrogen-bond acceptors (Lipinski definition) is 2. The van der Waals surface area contributed by atoms with E-state index in [0.717, 1.165) is 0 Å². The lowest BCUT2D eigenvalue weighted by molar-refractivity contribution is 0.625. The molecule has 20 heavy (non-hydrogen) atoms. The van der Waals surface area contributed by atoms with E-state index in [1.54, 1.807) is 36.4 Å². The Bertz CT molecular complexity index is 765. The van der Waals surface area contributed by atoms with Gasteiger partial charge in [-0.3, -0.25) is 0 Å². The van der Waals surface area contributed by atoms with Gasteiger partial charge >= 0.3 is 0 Å². The highest BCUT2D eigenvalue weighted by molar-refractivity contribution is 5.64. The molecular formula is C15H11F2N3. The first-order valence-corrected chi connectivity index (χ1v) is 6.01. The number of aromatic nitrogens is 2. The summed E-state index contributed by atoms with van der Waals surface area (Å²) in [5, 5.41) is 4.24. The summed E-state index contributed by atoms with van der Waals surface area (Å²) < 4.78 is 28.3. The van der Waals surface area contributed by atoms with E-state index in [1.165, 1.54) is 22.9 Å². The highest BCUT2D eigenvalue weighted by Crippen LogP contribution is 2.25. The predicted octanol–water partition coefficient (Wildman–Crippen LogP) is 3.40. The van der Waals surface area contributed by atoms with Crippen molar-refractivity contribution in [2.75, 3.05) is 5.73 Å². The zero-order valence-electron chi connectivity index (χ0n) is 10.4. The molecule has 100 valence electrons. The lowest BCUT2D eigenvalue weighted by atomic mass is 10.1. The fourth-order valence-corrected chi connectivity index (χ4v) is 2.01. The summed E-state index contributed by atoms with van der Waals surface area (Å²) >= 11 is 0. The minimum Gasteiger partial charge on any atom is -0.384 e. The van der Waals surface area contributed by atoms with Crippen molar-refractivity contribution in [3.8, 4) is 16.9 Å². The van der Waals surface area contributed by atoms with Gasteiger partial charge in [-0.05, 0) is 30.3 Å². The minimum atomic E-state index is -0.384. The molecule has 2 N–H and O–H groups in total. The molecule has 0 unspecified atom stereocenters. The lowest BCUT2D eigenvalue weighted by Crippen LogP contribution is -2.01. The zero-order valence-corrected chi connectivity index (χ0v) is 10.4. The lowest BCUT2D eigenvalue weighted by Gasteiger charge is -2.03. The summed E-state index contributed by atoms with van der Waals surface area (Å²) in [6.07, 6.45) is 0. The Hall–Kier alpha value is -2.69. The van der Waals surface area contributed by atoms with Gasteiger partial charge in [0.1, 0.15) is 17.5 Å². The van der Waals surface area contributed by atoms with Crippen LogP contribution in [0, 0.1) is 11.6 Å². The van der Waals surface area contributed by atoms with Crippen LogP contribution in [0.3, 0.4) is 0 Å². The molecule has 1 heterocycles. The van der Waals surface area contributed by atoms with Crippen LogP contribution in [0.25, 0.3) is 16.9 Å². The van der Waals surface area contributed by atoms with Crippen LogP contribution in [0.2, 0.25) is 0 Å². The summed E-state index contributed by atoms with van der Waals surface area (Å²) in [6.45, 7) is 0. The molecular weight excluding hydrogens is 260 g/mol. The Balaban J connectivity index is 2.10. The number of benzene rings is 2. The van der Waals surface area contributed by atoms with E-state index in [9.17, 15) is 8.78 Å². The predicted molar refractivity (Wildman–Crippen MR) is 73.3 cm³/mol. The summed E-state index contributed by atoms with van der Waals surface area (Å²) in [7, 11) is 0. The van der Waals surface area contributed by atoms with Crippen molar-refractivity contribution in [3.63, 3.8) is 0 Å². The average molecular weight is 271 g/mol. The van der Waals surface area contributed by atoms with Crippen molar-refractivity contribution >= 4 is 5.82 Å². The second-order valence-electron chi connectivity index (χ2n) is 4.33. The monoisotopic (exact) mass is 271 g/mol. The number of anilines is 1. The smallest absolute Gasteiger partial charge is 0.132 e. The highest BCUT2D eigenvalue weighted by atomic mass is 19.1. The van der Waals surface area contributed by atoms with Gasteiger partial charge in [0, 0.05) is 11.6 Å². The Kier molecular flexibility index (Phi) is 2.95. The number of halogens is 2. The molecule has 0 aliphatic carbocycles. The SMILES string of the molecule is Nc1cc(-c2ccccc2F)nn1-c1cccc(F)c1. The van der Waals surface area contributed by atoms with Gasteiger partial charge in [-0.15, -0.1) is 0 Å². The molecule has 0 bridgehead atoms. The van der Waals surface area contributed by atoms with Crippen LogP contribution < -0.4 is 5.73 Å². The molecule has 0 aliphatic heterocycles. The van der Waals surface area contributed by atoms with Crippen molar-refractivity contribution in [2.45, 2.75) is 0 Å². The van der Waals surface area contributed by atoms with E-state index < -0.39 is 0 Å². The average Bonchev–Trinajstić information content (AvgIpc) is 2.81. The number of hydrogen-bond donors (Lipinski definition) is 1. The third kappa shape index (κ3) is 2.14. The Morgan fingerprint density at radius 1 is 0.950 bits per heavy atom. The third-order valence-corrected chi connectivity index (χ3v) is 2.94. The summed E-state index contributed by atoms with van der Waals surface area (Å²) in [6, 6.07) is 13.7. The maximum absolute atomic E-state index is 13.7. The topological polar surface area (TPSA) is 43.8 Å². The Morgan fingerprint density at radius 2 is 1.75 bits per heavy atom. The van der Waals surface area contributed by atoms with Crippen LogP contribution in [0.1, 0.15) is 0 Å². The molecule has 0 amide bonds. The van der Waals surface area contributed by atoms with Gasteiger partial charge in [0.2, 0.25) is 0 Å². The second-order valence-corrected chi connectivity index (χ2v) is 4.33. The van der Waals surface area contributed by atoms with Gasteiger partial charge in [-0.25, -0.2) is 13.5 Å². The van der Waals surface area contributed by atoms with E-state index in [0.29, 0.717) is 22.8 Å². The molecule has 2 aromatic carbocycles. The first-order valence-electron chi connectivity index (χ1n) is 6.01. The standard InChI is InChI=1S/C15H11F2N3/c16-10-4-3-5-11(8-10)20-15(18)9-14(19-20)12-6-1-2-7-13(12)17/h1-9H,18H2. The first-order chi connectivity index (χ1) is 9.65. The van der Waals surface area contributed by atoms with Gasteiger partial charge in [0.15, 0.2) is 0 Å². The summed E-state index contributed by atoms with van der Waals surface area (Å²) in [5.41, 5.74) is 7.12. The van der Waals surface area contributed by atoms with Crippen molar-refractivity contribution in [3.05, 3.63) is 66.2 Å². The van der Waals surface area contributed by atoms with E-state index in [4.69, 9.17) is 5.73 Å².